The van der Waals surface area contributed by atoms with Gasteiger partial charge in [0.05, 0.1) is 5.02 Å². The monoisotopic (exact) mass is 467 g/mol. The predicted molar refractivity (Wildman–Crippen MR) is 132 cm³/mol. The molecule has 3 rings (SSSR count). The van der Waals surface area contributed by atoms with Gasteiger partial charge >= 0.3 is 0 Å². The summed E-state index contributed by atoms with van der Waals surface area (Å²) in [5.74, 6) is 0.202. The molecule has 0 spiro atoms. The number of pyridine rings is 1. The van der Waals surface area contributed by atoms with Gasteiger partial charge in [-0.05, 0) is 41.3 Å². The zero-order valence-electron chi connectivity index (χ0n) is 18.3. The lowest BCUT2D eigenvalue weighted by molar-refractivity contribution is -0.118. The number of carbonyl (C=O) groups is 2. The van der Waals surface area contributed by atoms with Gasteiger partial charge < -0.3 is 10.6 Å². The molecule has 0 aliphatic carbocycles. The van der Waals surface area contributed by atoms with Crippen molar-refractivity contribution in [2.24, 2.45) is 5.41 Å². The van der Waals surface area contributed by atoms with Gasteiger partial charge in [0.25, 0.3) is 0 Å². The van der Waals surface area contributed by atoms with Crippen LogP contribution in [0.25, 0.3) is 0 Å². The van der Waals surface area contributed by atoms with Crippen molar-refractivity contribution in [2.45, 2.75) is 37.3 Å². The highest BCUT2D eigenvalue weighted by Gasteiger charge is 2.23. The van der Waals surface area contributed by atoms with Gasteiger partial charge in [-0.3, -0.25) is 9.59 Å². The zero-order chi connectivity index (χ0) is 23.1. The maximum atomic E-state index is 13.1. The third-order valence-electron chi connectivity index (χ3n) is 4.38. The molecule has 166 valence electrons. The molecule has 0 saturated carbocycles. The number of nitrogens with one attached hydrogen (secondary N) is 2. The molecule has 3 aromatic rings. The van der Waals surface area contributed by atoms with E-state index in [1.165, 1.54) is 18.0 Å². The Bertz CT molecular complexity index is 1070. The standard InChI is InChI=1S/C25H26ClN3O2S/c1-25(2,3)15-22(30)28-19-10-7-11-20(14-19)32-23(17-8-5-4-6-9-17)24(31)29-21-13-12-18(26)16-27-21/h4-14,16,23H,15H2,1-3H3,(H,28,30)(H,27,29,31). The number of rotatable bonds is 7. The summed E-state index contributed by atoms with van der Waals surface area (Å²) >= 11 is 7.30. The second-order valence-corrected chi connectivity index (χ2v) is 10.2. The summed E-state index contributed by atoms with van der Waals surface area (Å²) in [7, 11) is 0. The zero-order valence-corrected chi connectivity index (χ0v) is 19.8. The summed E-state index contributed by atoms with van der Waals surface area (Å²) in [6.07, 6.45) is 1.92. The van der Waals surface area contributed by atoms with Gasteiger partial charge in [-0.25, -0.2) is 4.98 Å². The van der Waals surface area contributed by atoms with Crippen molar-refractivity contribution in [3.05, 3.63) is 83.5 Å². The summed E-state index contributed by atoms with van der Waals surface area (Å²) in [6, 6.07) is 20.4. The third-order valence-corrected chi connectivity index (χ3v) is 5.85. The number of halogens is 1. The first kappa shape index (κ1) is 23.8. The summed E-state index contributed by atoms with van der Waals surface area (Å²) < 4.78 is 0. The number of amides is 2. The fraction of sp³-hybridized carbons (Fsp3) is 0.240. The Labute approximate surface area is 198 Å². The minimum absolute atomic E-state index is 0.0363. The Morgan fingerprint density at radius 3 is 2.41 bits per heavy atom. The first-order valence-corrected chi connectivity index (χ1v) is 11.5. The molecule has 0 radical (unpaired) electrons. The number of carbonyl (C=O) groups excluding carboxylic acids is 2. The summed E-state index contributed by atoms with van der Waals surface area (Å²) in [6.45, 7) is 6.08. The van der Waals surface area contributed by atoms with E-state index in [-0.39, 0.29) is 17.2 Å². The van der Waals surface area contributed by atoms with E-state index < -0.39 is 5.25 Å². The predicted octanol–water partition coefficient (Wildman–Crippen LogP) is 6.58. The molecule has 1 aromatic heterocycles. The van der Waals surface area contributed by atoms with Crippen molar-refractivity contribution in [3.8, 4) is 0 Å². The van der Waals surface area contributed by atoms with E-state index in [1.54, 1.807) is 12.1 Å². The summed E-state index contributed by atoms with van der Waals surface area (Å²) in [5.41, 5.74) is 1.48. The maximum Gasteiger partial charge on any atom is 0.243 e. The van der Waals surface area contributed by atoms with E-state index in [4.69, 9.17) is 11.6 Å². The van der Waals surface area contributed by atoms with Crippen LogP contribution in [0.15, 0.2) is 77.8 Å². The normalized spacial score (nSPS) is 12.1. The molecular formula is C25H26ClN3O2S. The minimum atomic E-state index is -0.505. The molecule has 0 fully saturated rings. The topological polar surface area (TPSA) is 71.1 Å². The van der Waals surface area contributed by atoms with Gasteiger partial charge in [-0.15, -0.1) is 11.8 Å². The van der Waals surface area contributed by atoms with Crippen molar-refractivity contribution < 1.29 is 9.59 Å². The quantitative estimate of drug-likeness (QED) is 0.385. The molecule has 0 aliphatic heterocycles. The first-order chi connectivity index (χ1) is 15.2. The number of nitrogens with zero attached hydrogens (tertiary/aromatic N) is 1. The molecule has 1 unspecified atom stereocenters. The molecule has 0 aliphatic rings. The fourth-order valence-corrected chi connectivity index (χ4v) is 4.21. The number of anilines is 2. The maximum absolute atomic E-state index is 13.1. The molecule has 1 heterocycles. The van der Waals surface area contributed by atoms with Crippen molar-refractivity contribution in [2.75, 3.05) is 10.6 Å². The first-order valence-electron chi connectivity index (χ1n) is 10.2. The van der Waals surface area contributed by atoms with Gasteiger partial charge in [0, 0.05) is 23.2 Å². The van der Waals surface area contributed by atoms with E-state index >= 15 is 0 Å². The highest BCUT2D eigenvalue weighted by Crippen LogP contribution is 2.37. The van der Waals surface area contributed by atoms with E-state index in [2.05, 4.69) is 15.6 Å². The summed E-state index contributed by atoms with van der Waals surface area (Å²) in [4.78, 5) is 30.5. The van der Waals surface area contributed by atoms with Crippen molar-refractivity contribution in [1.82, 2.24) is 4.98 Å². The van der Waals surface area contributed by atoms with Crippen LogP contribution in [0.2, 0.25) is 5.02 Å². The smallest absolute Gasteiger partial charge is 0.243 e. The molecular weight excluding hydrogens is 442 g/mol. The molecule has 2 aromatic carbocycles. The summed E-state index contributed by atoms with van der Waals surface area (Å²) in [5, 5.41) is 5.81. The Balaban J connectivity index is 1.78. The number of thioether (sulfide) groups is 1. The molecule has 2 N–H and O–H groups in total. The molecule has 5 nitrogen and oxygen atoms in total. The number of hydrogen-bond acceptors (Lipinski definition) is 4. The van der Waals surface area contributed by atoms with Crippen LogP contribution in [-0.2, 0) is 9.59 Å². The average molecular weight is 468 g/mol. The Kier molecular flexibility index (Phi) is 7.94. The van der Waals surface area contributed by atoms with E-state index in [0.29, 0.717) is 22.9 Å². The number of hydrogen-bond donors (Lipinski definition) is 2. The Hall–Kier alpha value is -2.83. The van der Waals surface area contributed by atoms with Crippen LogP contribution in [0.3, 0.4) is 0 Å². The lowest BCUT2D eigenvalue weighted by Crippen LogP contribution is -2.20. The van der Waals surface area contributed by atoms with Crippen LogP contribution < -0.4 is 10.6 Å². The molecule has 0 bridgehead atoms. The highest BCUT2D eigenvalue weighted by atomic mass is 35.5. The molecule has 32 heavy (non-hydrogen) atoms. The van der Waals surface area contributed by atoms with Crippen LogP contribution in [0.1, 0.15) is 38.0 Å². The van der Waals surface area contributed by atoms with Crippen LogP contribution in [0.5, 0.6) is 0 Å². The van der Waals surface area contributed by atoms with Crippen molar-refractivity contribution >= 4 is 46.7 Å². The largest absolute Gasteiger partial charge is 0.326 e. The second-order valence-electron chi connectivity index (χ2n) is 8.57. The van der Waals surface area contributed by atoms with Crippen molar-refractivity contribution in [1.29, 1.82) is 0 Å². The fourth-order valence-electron chi connectivity index (χ4n) is 3.01. The SMILES string of the molecule is CC(C)(C)CC(=O)Nc1cccc(SC(C(=O)Nc2ccc(Cl)cn2)c2ccccc2)c1. The minimum Gasteiger partial charge on any atom is -0.326 e. The Morgan fingerprint density at radius 1 is 1.00 bits per heavy atom. The van der Waals surface area contributed by atoms with Crippen LogP contribution in [0, 0.1) is 5.41 Å². The molecule has 1 atom stereocenters. The number of aromatic nitrogens is 1. The lowest BCUT2D eigenvalue weighted by atomic mass is 9.92. The third kappa shape index (κ3) is 7.39. The van der Waals surface area contributed by atoms with E-state index in [9.17, 15) is 9.59 Å². The number of benzene rings is 2. The van der Waals surface area contributed by atoms with Crippen molar-refractivity contribution in [3.63, 3.8) is 0 Å². The van der Waals surface area contributed by atoms with Gasteiger partial charge in [-0.2, -0.15) is 0 Å². The molecule has 2 amide bonds. The lowest BCUT2D eigenvalue weighted by Gasteiger charge is -2.18. The van der Waals surface area contributed by atoms with Crippen LogP contribution in [-0.4, -0.2) is 16.8 Å². The average Bonchev–Trinajstić information content (AvgIpc) is 2.73. The van der Waals surface area contributed by atoms with E-state index in [1.807, 2.05) is 75.4 Å². The molecule has 7 heteroatoms. The van der Waals surface area contributed by atoms with Gasteiger partial charge in [0.2, 0.25) is 11.8 Å². The van der Waals surface area contributed by atoms with E-state index in [0.717, 1.165) is 10.5 Å². The van der Waals surface area contributed by atoms with Gasteiger partial charge in [0.15, 0.2) is 0 Å². The van der Waals surface area contributed by atoms with Gasteiger partial charge in [0.1, 0.15) is 11.1 Å². The second kappa shape index (κ2) is 10.7. The van der Waals surface area contributed by atoms with Crippen LogP contribution in [0.4, 0.5) is 11.5 Å². The molecule has 0 saturated heterocycles. The van der Waals surface area contributed by atoms with Crippen LogP contribution >= 0.6 is 23.4 Å². The highest BCUT2D eigenvalue weighted by molar-refractivity contribution is 8.00. The Morgan fingerprint density at radius 2 is 1.75 bits per heavy atom. The van der Waals surface area contributed by atoms with Gasteiger partial charge in [-0.1, -0.05) is 68.8 Å².